The molecule has 0 aliphatic carbocycles. The van der Waals surface area contributed by atoms with Crippen LogP contribution in [0.4, 0.5) is 0 Å². The van der Waals surface area contributed by atoms with Crippen LogP contribution in [0.3, 0.4) is 0 Å². The summed E-state index contributed by atoms with van der Waals surface area (Å²) in [4.78, 5) is 17.5. The van der Waals surface area contributed by atoms with Crippen molar-refractivity contribution in [1.29, 1.82) is 0 Å². The van der Waals surface area contributed by atoms with Gasteiger partial charge in [-0.15, -0.1) is 0 Å². The zero-order chi connectivity index (χ0) is 11.3. The molecular formula is C10H19N3O3. The van der Waals surface area contributed by atoms with Gasteiger partial charge in [0.1, 0.15) is 0 Å². The van der Waals surface area contributed by atoms with Crippen LogP contribution in [0, 0.1) is 0 Å². The standard InChI is InChI=1S/C9H15N3O3.CH4/c1-6(3-10)15-8(9(13)14)2-7-4-11-5-12-7;/h4-6,8H,2-3,10H2,1H3,(H,11,12)(H,13,14);1H4/t6-,8+;/m1./s1. The number of carbonyl (C=O) groups is 1. The third kappa shape index (κ3) is 4.41. The lowest BCUT2D eigenvalue weighted by atomic mass is 10.2. The number of aromatic amines is 1. The Morgan fingerprint density at radius 2 is 2.44 bits per heavy atom. The van der Waals surface area contributed by atoms with E-state index in [0.29, 0.717) is 6.54 Å². The van der Waals surface area contributed by atoms with Gasteiger partial charge in [0.05, 0.1) is 12.4 Å². The van der Waals surface area contributed by atoms with Crippen LogP contribution < -0.4 is 5.73 Å². The first-order chi connectivity index (χ1) is 7.13. The van der Waals surface area contributed by atoms with Crippen LogP contribution in [0.2, 0.25) is 0 Å². The fourth-order valence-electron chi connectivity index (χ4n) is 1.13. The van der Waals surface area contributed by atoms with E-state index < -0.39 is 12.1 Å². The Balaban J connectivity index is 0.00000225. The molecule has 0 unspecified atom stereocenters. The maximum absolute atomic E-state index is 10.9. The molecule has 0 bridgehead atoms. The van der Waals surface area contributed by atoms with E-state index in [1.807, 2.05) is 0 Å². The first-order valence-corrected chi connectivity index (χ1v) is 4.69. The van der Waals surface area contributed by atoms with E-state index in [2.05, 4.69) is 9.97 Å². The van der Waals surface area contributed by atoms with E-state index in [4.69, 9.17) is 15.6 Å². The number of carboxylic acids is 1. The van der Waals surface area contributed by atoms with Gasteiger partial charge in [0.2, 0.25) is 0 Å². The van der Waals surface area contributed by atoms with Crippen LogP contribution >= 0.6 is 0 Å². The minimum atomic E-state index is -0.995. The average Bonchev–Trinajstić information content (AvgIpc) is 2.69. The van der Waals surface area contributed by atoms with Gasteiger partial charge in [0.25, 0.3) is 0 Å². The lowest BCUT2D eigenvalue weighted by Crippen LogP contribution is -2.33. The Bertz CT molecular complexity index is 300. The Morgan fingerprint density at radius 1 is 1.75 bits per heavy atom. The lowest BCUT2D eigenvalue weighted by Gasteiger charge is -2.17. The Labute approximate surface area is 94.8 Å². The maximum atomic E-state index is 10.9. The van der Waals surface area contributed by atoms with Crippen molar-refractivity contribution in [3.63, 3.8) is 0 Å². The molecule has 92 valence electrons. The van der Waals surface area contributed by atoms with E-state index in [9.17, 15) is 4.79 Å². The molecule has 1 rings (SSSR count). The van der Waals surface area contributed by atoms with Crippen molar-refractivity contribution in [3.8, 4) is 0 Å². The molecule has 1 heterocycles. The number of nitrogens with one attached hydrogen (secondary N) is 1. The van der Waals surface area contributed by atoms with E-state index in [1.54, 1.807) is 13.1 Å². The van der Waals surface area contributed by atoms with E-state index in [0.717, 1.165) is 5.69 Å². The third-order valence-electron chi connectivity index (χ3n) is 1.96. The number of aromatic nitrogens is 2. The number of aliphatic carboxylic acids is 1. The highest BCUT2D eigenvalue weighted by molar-refractivity contribution is 5.72. The molecule has 0 fully saturated rings. The molecule has 0 aliphatic rings. The second-order valence-electron chi connectivity index (χ2n) is 3.29. The summed E-state index contributed by atoms with van der Waals surface area (Å²) in [6, 6.07) is 0. The summed E-state index contributed by atoms with van der Waals surface area (Å²) in [5.41, 5.74) is 6.08. The highest BCUT2D eigenvalue weighted by Crippen LogP contribution is 2.05. The molecule has 2 atom stereocenters. The Hall–Kier alpha value is -1.40. The van der Waals surface area contributed by atoms with Gasteiger partial charge in [-0.3, -0.25) is 0 Å². The summed E-state index contributed by atoms with van der Waals surface area (Å²) in [5.74, 6) is -0.995. The molecule has 6 nitrogen and oxygen atoms in total. The molecule has 1 aromatic heterocycles. The second kappa shape index (κ2) is 6.97. The summed E-state index contributed by atoms with van der Waals surface area (Å²) in [6.07, 6.45) is 2.19. The summed E-state index contributed by atoms with van der Waals surface area (Å²) in [7, 11) is 0. The topological polar surface area (TPSA) is 101 Å². The van der Waals surface area contributed by atoms with Crippen molar-refractivity contribution in [2.24, 2.45) is 5.73 Å². The smallest absolute Gasteiger partial charge is 0.333 e. The molecule has 4 N–H and O–H groups in total. The predicted octanol–water partition coefficient (Wildman–Crippen LogP) is 0.405. The highest BCUT2D eigenvalue weighted by Gasteiger charge is 2.21. The first kappa shape index (κ1) is 14.6. The monoisotopic (exact) mass is 229 g/mol. The zero-order valence-corrected chi connectivity index (χ0v) is 8.51. The number of hydrogen-bond donors (Lipinski definition) is 3. The van der Waals surface area contributed by atoms with Crippen molar-refractivity contribution in [2.75, 3.05) is 6.54 Å². The second-order valence-corrected chi connectivity index (χ2v) is 3.29. The fourth-order valence-corrected chi connectivity index (χ4v) is 1.13. The summed E-state index contributed by atoms with van der Waals surface area (Å²) < 4.78 is 5.26. The SMILES string of the molecule is C.C[C@H](CN)O[C@@H](Cc1cnc[nH]1)C(=O)O. The predicted molar refractivity (Wildman–Crippen MR) is 60.0 cm³/mol. The van der Waals surface area contributed by atoms with Gasteiger partial charge in [0, 0.05) is 24.9 Å². The molecular weight excluding hydrogens is 210 g/mol. The average molecular weight is 229 g/mol. The lowest BCUT2D eigenvalue weighted by molar-refractivity contribution is -0.153. The molecule has 0 aliphatic heterocycles. The van der Waals surface area contributed by atoms with Crippen LogP contribution in [0.5, 0.6) is 0 Å². The number of nitrogens with zero attached hydrogens (tertiary/aromatic N) is 1. The normalized spacial score (nSPS) is 13.9. The highest BCUT2D eigenvalue weighted by atomic mass is 16.5. The molecule has 0 saturated carbocycles. The molecule has 0 aromatic carbocycles. The van der Waals surface area contributed by atoms with Crippen molar-refractivity contribution < 1.29 is 14.6 Å². The van der Waals surface area contributed by atoms with E-state index in [1.165, 1.54) is 6.33 Å². The van der Waals surface area contributed by atoms with Crippen molar-refractivity contribution in [1.82, 2.24) is 9.97 Å². The third-order valence-corrected chi connectivity index (χ3v) is 1.96. The van der Waals surface area contributed by atoms with E-state index >= 15 is 0 Å². The minimum absolute atomic E-state index is 0. The van der Waals surface area contributed by atoms with Crippen molar-refractivity contribution >= 4 is 5.97 Å². The Kier molecular flexibility index (Phi) is 6.36. The molecule has 0 radical (unpaired) electrons. The number of H-pyrrole nitrogens is 1. The summed E-state index contributed by atoms with van der Waals surface area (Å²) >= 11 is 0. The number of imidazole rings is 1. The van der Waals surface area contributed by atoms with Crippen LogP contribution in [-0.2, 0) is 16.0 Å². The molecule has 0 amide bonds. The maximum Gasteiger partial charge on any atom is 0.333 e. The molecule has 0 spiro atoms. The van der Waals surface area contributed by atoms with Crippen LogP contribution in [-0.4, -0.2) is 39.8 Å². The first-order valence-electron chi connectivity index (χ1n) is 4.69. The van der Waals surface area contributed by atoms with Gasteiger partial charge in [0.15, 0.2) is 6.10 Å². The number of nitrogens with two attached hydrogens (primary N) is 1. The molecule has 0 saturated heterocycles. The van der Waals surface area contributed by atoms with Crippen LogP contribution in [0.15, 0.2) is 12.5 Å². The summed E-state index contributed by atoms with van der Waals surface area (Å²) in [5, 5.41) is 8.92. The van der Waals surface area contributed by atoms with Gasteiger partial charge < -0.3 is 20.6 Å². The van der Waals surface area contributed by atoms with Gasteiger partial charge in [-0.1, -0.05) is 7.43 Å². The fraction of sp³-hybridized carbons (Fsp3) is 0.600. The van der Waals surface area contributed by atoms with Gasteiger partial charge >= 0.3 is 5.97 Å². The van der Waals surface area contributed by atoms with Gasteiger partial charge in [-0.05, 0) is 6.92 Å². The minimum Gasteiger partial charge on any atom is -0.479 e. The largest absolute Gasteiger partial charge is 0.479 e. The van der Waals surface area contributed by atoms with E-state index in [-0.39, 0.29) is 20.0 Å². The van der Waals surface area contributed by atoms with Gasteiger partial charge in [-0.2, -0.15) is 0 Å². The number of ether oxygens (including phenoxy) is 1. The Morgan fingerprint density at radius 3 is 2.88 bits per heavy atom. The van der Waals surface area contributed by atoms with Crippen LogP contribution in [0.25, 0.3) is 0 Å². The molecule has 6 heteroatoms. The van der Waals surface area contributed by atoms with Crippen LogP contribution in [0.1, 0.15) is 20.0 Å². The summed E-state index contributed by atoms with van der Waals surface area (Å²) in [6.45, 7) is 2.04. The van der Waals surface area contributed by atoms with Crippen molar-refractivity contribution in [3.05, 3.63) is 18.2 Å². The number of hydrogen-bond acceptors (Lipinski definition) is 4. The van der Waals surface area contributed by atoms with Crippen molar-refractivity contribution in [2.45, 2.75) is 33.0 Å². The number of rotatable bonds is 6. The number of carboxylic acid groups (broad SMARTS) is 1. The zero-order valence-electron chi connectivity index (χ0n) is 8.51. The molecule has 1 aromatic rings. The van der Waals surface area contributed by atoms with Gasteiger partial charge in [-0.25, -0.2) is 9.78 Å². The molecule has 16 heavy (non-hydrogen) atoms. The quantitative estimate of drug-likeness (QED) is 0.655.